The second-order valence-corrected chi connectivity index (χ2v) is 7.15. The molecule has 8 heteroatoms. The summed E-state index contributed by atoms with van der Waals surface area (Å²) in [5, 5.41) is 0. The van der Waals surface area contributed by atoms with Crippen LogP contribution in [0.5, 0.6) is 0 Å². The lowest BCUT2D eigenvalue weighted by molar-refractivity contribution is 0.239. The molecular formula is C16H21N5O3. The minimum absolute atomic E-state index is 0.120. The van der Waals surface area contributed by atoms with Gasteiger partial charge in [-0.05, 0) is 0 Å². The third-order valence-corrected chi connectivity index (χ3v) is 4.15. The zero-order chi connectivity index (χ0) is 17.5. The highest BCUT2D eigenvalue weighted by molar-refractivity contribution is 5.23. The second-order valence-electron chi connectivity index (χ2n) is 7.15. The van der Waals surface area contributed by atoms with Gasteiger partial charge in [-0.1, -0.05) is 20.8 Å². The smallest absolute Gasteiger partial charge is 0.314 e. The molecule has 3 rings (SSSR count). The fraction of sp³-hybridized carbons (Fsp3) is 0.500. The van der Waals surface area contributed by atoms with Crippen LogP contribution >= 0.6 is 0 Å². The lowest BCUT2D eigenvalue weighted by Crippen LogP contribution is -2.38. The van der Waals surface area contributed by atoms with Crippen LogP contribution in [0.1, 0.15) is 43.4 Å². The lowest BCUT2D eigenvalue weighted by Gasteiger charge is -2.28. The van der Waals surface area contributed by atoms with E-state index in [-0.39, 0.29) is 11.0 Å². The molecule has 0 radical (unpaired) electrons. The van der Waals surface area contributed by atoms with Gasteiger partial charge in [-0.15, -0.1) is 0 Å². The number of nitrogens with one attached hydrogen (secondary N) is 3. The molecule has 0 saturated heterocycles. The molecule has 1 aliphatic heterocycles. The van der Waals surface area contributed by atoms with E-state index in [1.807, 2.05) is 25.7 Å². The molecule has 8 nitrogen and oxygen atoms in total. The first-order valence-electron chi connectivity index (χ1n) is 7.90. The van der Waals surface area contributed by atoms with Gasteiger partial charge in [0.25, 0.3) is 11.1 Å². The fourth-order valence-electron chi connectivity index (χ4n) is 2.77. The maximum Gasteiger partial charge on any atom is 0.325 e. The Morgan fingerprint density at radius 1 is 1.17 bits per heavy atom. The SMILES string of the molecule is CC(C)(C)c1nc2c(c(=O)[nH]1)CN(Cc1c[nH]c(=O)[nH]c1=O)CC2. The molecule has 0 bridgehead atoms. The highest BCUT2D eigenvalue weighted by Crippen LogP contribution is 2.20. The van der Waals surface area contributed by atoms with Crippen molar-refractivity contribution in [2.45, 2.75) is 45.7 Å². The van der Waals surface area contributed by atoms with E-state index in [4.69, 9.17) is 0 Å². The summed E-state index contributed by atoms with van der Waals surface area (Å²) in [5.74, 6) is 0.691. The van der Waals surface area contributed by atoms with Crippen molar-refractivity contribution in [3.05, 3.63) is 60.0 Å². The number of nitrogens with zero attached hydrogens (tertiary/aromatic N) is 2. The van der Waals surface area contributed by atoms with Crippen molar-refractivity contribution in [3.63, 3.8) is 0 Å². The Hall–Kier alpha value is -2.48. The quantitative estimate of drug-likeness (QED) is 0.717. The van der Waals surface area contributed by atoms with Gasteiger partial charge in [0.15, 0.2) is 0 Å². The van der Waals surface area contributed by atoms with Gasteiger partial charge in [0.05, 0.1) is 11.3 Å². The van der Waals surface area contributed by atoms with Crippen molar-refractivity contribution >= 4 is 0 Å². The minimum atomic E-state index is -0.525. The number of hydrogen-bond acceptors (Lipinski definition) is 5. The van der Waals surface area contributed by atoms with E-state index in [0.717, 1.165) is 5.69 Å². The van der Waals surface area contributed by atoms with Crippen molar-refractivity contribution in [3.8, 4) is 0 Å². The lowest BCUT2D eigenvalue weighted by atomic mass is 9.95. The average Bonchev–Trinajstić information content (AvgIpc) is 2.49. The molecule has 0 fully saturated rings. The molecule has 0 amide bonds. The van der Waals surface area contributed by atoms with E-state index in [0.29, 0.717) is 43.0 Å². The highest BCUT2D eigenvalue weighted by atomic mass is 16.2. The van der Waals surface area contributed by atoms with Crippen LogP contribution in [0.25, 0.3) is 0 Å². The summed E-state index contributed by atoms with van der Waals surface area (Å²) in [5.41, 5.74) is 0.682. The van der Waals surface area contributed by atoms with Crippen molar-refractivity contribution in [2.75, 3.05) is 6.54 Å². The van der Waals surface area contributed by atoms with Gasteiger partial charge < -0.3 is 9.97 Å². The number of hydrogen-bond donors (Lipinski definition) is 3. The molecule has 1 aliphatic rings. The molecule has 128 valence electrons. The molecule has 2 aromatic rings. The topological polar surface area (TPSA) is 115 Å². The number of rotatable bonds is 2. The third-order valence-electron chi connectivity index (χ3n) is 4.15. The molecule has 0 atom stereocenters. The normalized spacial score (nSPS) is 15.3. The second kappa shape index (κ2) is 5.86. The minimum Gasteiger partial charge on any atom is -0.314 e. The zero-order valence-corrected chi connectivity index (χ0v) is 14.0. The van der Waals surface area contributed by atoms with Crippen LogP contribution in [0.3, 0.4) is 0 Å². The van der Waals surface area contributed by atoms with Crippen LogP contribution in [-0.4, -0.2) is 31.4 Å². The van der Waals surface area contributed by atoms with Crippen molar-refractivity contribution in [1.82, 2.24) is 24.8 Å². The number of aromatic nitrogens is 4. The summed E-state index contributed by atoms with van der Waals surface area (Å²) in [7, 11) is 0. The summed E-state index contributed by atoms with van der Waals surface area (Å²) in [6.45, 7) is 7.53. The monoisotopic (exact) mass is 331 g/mol. The Labute approximate surface area is 138 Å². The molecule has 2 aromatic heterocycles. The van der Waals surface area contributed by atoms with Crippen LogP contribution in [0.15, 0.2) is 20.6 Å². The molecule has 3 heterocycles. The first kappa shape index (κ1) is 16.4. The Morgan fingerprint density at radius 2 is 1.92 bits per heavy atom. The van der Waals surface area contributed by atoms with Crippen LogP contribution in [0.2, 0.25) is 0 Å². The summed E-state index contributed by atoms with van der Waals surface area (Å²) in [6.07, 6.45) is 2.07. The summed E-state index contributed by atoms with van der Waals surface area (Å²) < 4.78 is 0. The third kappa shape index (κ3) is 3.23. The van der Waals surface area contributed by atoms with E-state index in [1.54, 1.807) is 0 Å². The first-order chi connectivity index (χ1) is 11.2. The standard InChI is InChI=1S/C16H21N5O3/c1-16(2,3)14-18-11-4-5-21(8-10(11)13(23)19-14)7-9-6-17-15(24)20-12(9)22/h6H,4-5,7-8H2,1-3H3,(H,18,19,23)(H2,17,20,22,24). The van der Waals surface area contributed by atoms with Crippen LogP contribution in [0, 0.1) is 0 Å². The number of H-pyrrole nitrogens is 3. The van der Waals surface area contributed by atoms with Gasteiger partial charge in [-0.25, -0.2) is 9.78 Å². The number of fused-ring (bicyclic) bond motifs is 1. The van der Waals surface area contributed by atoms with E-state index in [2.05, 4.69) is 19.9 Å². The predicted octanol–water partition coefficient (Wildman–Crippen LogP) is 0.00230. The van der Waals surface area contributed by atoms with Crippen LogP contribution < -0.4 is 16.8 Å². The van der Waals surface area contributed by atoms with Crippen molar-refractivity contribution < 1.29 is 0 Å². The molecule has 0 saturated carbocycles. The molecule has 24 heavy (non-hydrogen) atoms. The van der Waals surface area contributed by atoms with E-state index in [9.17, 15) is 14.4 Å². The predicted molar refractivity (Wildman–Crippen MR) is 89.1 cm³/mol. The molecular weight excluding hydrogens is 310 g/mol. The fourth-order valence-corrected chi connectivity index (χ4v) is 2.77. The van der Waals surface area contributed by atoms with Crippen LogP contribution in [-0.2, 0) is 24.9 Å². The van der Waals surface area contributed by atoms with Gasteiger partial charge in [0.1, 0.15) is 5.82 Å². The Kier molecular flexibility index (Phi) is 4.00. The van der Waals surface area contributed by atoms with Gasteiger partial charge in [0.2, 0.25) is 0 Å². The summed E-state index contributed by atoms with van der Waals surface area (Å²) >= 11 is 0. The van der Waals surface area contributed by atoms with Gasteiger partial charge in [-0.3, -0.25) is 19.5 Å². The zero-order valence-electron chi connectivity index (χ0n) is 14.0. The maximum atomic E-state index is 12.4. The number of aromatic amines is 3. The molecule has 0 unspecified atom stereocenters. The van der Waals surface area contributed by atoms with E-state index >= 15 is 0 Å². The molecule has 3 N–H and O–H groups in total. The van der Waals surface area contributed by atoms with Crippen molar-refractivity contribution in [2.24, 2.45) is 0 Å². The molecule has 0 aromatic carbocycles. The average molecular weight is 331 g/mol. The molecule has 0 spiro atoms. The maximum absolute atomic E-state index is 12.4. The van der Waals surface area contributed by atoms with Crippen LogP contribution in [0.4, 0.5) is 0 Å². The summed E-state index contributed by atoms with van der Waals surface area (Å²) in [4.78, 5) is 49.4. The van der Waals surface area contributed by atoms with Gasteiger partial charge in [0, 0.05) is 43.2 Å². The van der Waals surface area contributed by atoms with Crippen molar-refractivity contribution in [1.29, 1.82) is 0 Å². The first-order valence-corrected chi connectivity index (χ1v) is 7.90. The largest absolute Gasteiger partial charge is 0.325 e. The Balaban J connectivity index is 1.86. The Bertz CT molecular complexity index is 932. The molecule has 0 aliphatic carbocycles. The highest BCUT2D eigenvalue weighted by Gasteiger charge is 2.25. The van der Waals surface area contributed by atoms with Gasteiger partial charge >= 0.3 is 5.69 Å². The summed E-state index contributed by atoms with van der Waals surface area (Å²) in [6, 6.07) is 0. The van der Waals surface area contributed by atoms with E-state index < -0.39 is 11.2 Å². The van der Waals surface area contributed by atoms with Gasteiger partial charge in [-0.2, -0.15) is 0 Å². The van der Waals surface area contributed by atoms with E-state index in [1.165, 1.54) is 6.20 Å². The Morgan fingerprint density at radius 3 is 2.58 bits per heavy atom.